The first-order valence-electron chi connectivity index (χ1n) is 4.16. The van der Waals surface area contributed by atoms with Gasteiger partial charge in [-0.05, 0) is 5.92 Å². The van der Waals surface area contributed by atoms with Crippen LogP contribution in [0.3, 0.4) is 0 Å². The molecule has 0 aromatic rings. The van der Waals surface area contributed by atoms with Crippen LogP contribution in [0.5, 0.6) is 0 Å². The molecule has 3 nitrogen and oxygen atoms in total. The lowest BCUT2D eigenvalue weighted by molar-refractivity contribution is -0.122. The van der Waals surface area contributed by atoms with Gasteiger partial charge in [-0.2, -0.15) is 0 Å². The summed E-state index contributed by atoms with van der Waals surface area (Å²) < 4.78 is 23.5. The van der Waals surface area contributed by atoms with E-state index in [0.29, 0.717) is 0 Å². The van der Waals surface area contributed by atoms with Gasteiger partial charge in [0.2, 0.25) is 5.91 Å². The molecule has 0 saturated heterocycles. The van der Waals surface area contributed by atoms with E-state index < -0.39 is 12.5 Å². The van der Waals surface area contributed by atoms with E-state index in [1.54, 1.807) is 0 Å². The highest BCUT2D eigenvalue weighted by Gasteiger charge is 2.17. The summed E-state index contributed by atoms with van der Waals surface area (Å²) in [6, 6.07) is 0. The predicted octanol–water partition coefficient (Wildman–Crippen LogP) is 0.775. The molecule has 0 aliphatic heterocycles. The highest BCUT2D eigenvalue weighted by atomic mass is 19.3. The Morgan fingerprint density at radius 1 is 1.46 bits per heavy atom. The van der Waals surface area contributed by atoms with Gasteiger partial charge < -0.3 is 10.4 Å². The van der Waals surface area contributed by atoms with Crippen LogP contribution in [0.2, 0.25) is 0 Å². The smallest absolute Gasteiger partial charge is 0.265 e. The number of aliphatic hydroxyl groups excluding tert-OH is 1. The van der Waals surface area contributed by atoms with E-state index >= 15 is 0 Å². The minimum atomic E-state index is -2.81. The van der Waals surface area contributed by atoms with Crippen LogP contribution in [0.1, 0.15) is 20.3 Å². The Labute approximate surface area is 76.1 Å². The Morgan fingerprint density at radius 2 is 2.00 bits per heavy atom. The number of hydrogen-bond acceptors (Lipinski definition) is 2. The average Bonchev–Trinajstić information content (AvgIpc) is 1.98. The van der Waals surface area contributed by atoms with E-state index in [1.165, 1.54) is 0 Å². The molecule has 0 aliphatic rings. The van der Waals surface area contributed by atoms with Crippen LogP contribution >= 0.6 is 0 Å². The van der Waals surface area contributed by atoms with Crippen LogP contribution in [0.15, 0.2) is 0 Å². The highest BCUT2D eigenvalue weighted by Crippen LogP contribution is 2.00. The van der Waals surface area contributed by atoms with Gasteiger partial charge in [0.05, 0.1) is 0 Å². The van der Waals surface area contributed by atoms with Crippen LogP contribution < -0.4 is 5.32 Å². The van der Waals surface area contributed by atoms with E-state index in [1.807, 2.05) is 13.8 Å². The zero-order valence-corrected chi connectivity index (χ0v) is 7.76. The monoisotopic (exact) mass is 195 g/mol. The van der Waals surface area contributed by atoms with Crippen molar-refractivity contribution in [2.45, 2.75) is 32.8 Å². The van der Waals surface area contributed by atoms with Gasteiger partial charge >= 0.3 is 0 Å². The van der Waals surface area contributed by atoms with Crippen LogP contribution in [0.25, 0.3) is 0 Å². The molecule has 1 amide bonds. The highest BCUT2D eigenvalue weighted by molar-refractivity contribution is 5.76. The molecule has 2 N–H and O–H groups in total. The molecule has 0 fully saturated rings. The maximum atomic E-state index is 11.7. The van der Waals surface area contributed by atoms with Crippen LogP contribution in [0.4, 0.5) is 8.78 Å². The van der Waals surface area contributed by atoms with Crippen molar-refractivity contribution in [3.8, 4) is 0 Å². The summed E-state index contributed by atoms with van der Waals surface area (Å²) in [7, 11) is 0. The second-order valence-electron chi connectivity index (χ2n) is 3.30. The molecule has 0 aromatic carbocycles. The fourth-order valence-electron chi connectivity index (χ4n) is 0.750. The van der Waals surface area contributed by atoms with Crippen molar-refractivity contribution in [3.05, 3.63) is 0 Å². The van der Waals surface area contributed by atoms with Crippen molar-refractivity contribution in [3.63, 3.8) is 0 Å². The molecular weight excluding hydrogens is 180 g/mol. The van der Waals surface area contributed by atoms with Crippen LogP contribution in [-0.2, 0) is 4.79 Å². The van der Waals surface area contributed by atoms with Gasteiger partial charge in [-0.3, -0.25) is 4.79 Å². The number of nitrogens with one attached hydrogen (secondary N) is 1. The zero-order chi connectivity index (χ0) is 10.4. The lowest BCUT2D eigenvalue weighted by Gasteiger charge is -2.11. The summed E-state index contributed by atoms with van der Waals surface area (Å²) in [6.07, 6.45) is -4.29. The fourth-order valence-corrected chi connectivity index (χ4v) is 0.750. The number of hydrogen-bond donors (Lipinski definition) is 2. The lowest BCUT2D eigenvalue weighted by Crippen LogP contribution is -2.36. The number of halogens is 2. The quantitative estimate of drug-likeness (QED) is 0.681. The van der Waals surface area contributed by atoms with Gasteiger partial charge in [-0.15, -0.1) is 0 Å². The van der Waals surface area contributed by atoms with Gasteiger partial charge in [-0.1, -0.05) is 13.8 Å². The molecule has 0 radical (unpaired) electrons. The fraction of sp³-hybridized carbons (Fsp3) is 0.875. The third-order valence-corrected chi connectivity index (χ3v) is 1.39. The largest absolute Gasteiger partial charge is 0.385 e. The summed E-state index contributed by atoms with van der Waals surface area (Å²) in [5, 5.41) is 10.9. The summed E-state index contributed by atoms with van der Waals surface area (Å²) in [5.41, 5.74) is 0. The number of alkyl halides is 2. The third kappa shape index (κ3) is 6.45. The molecule has 5 heteroatoms. The molecular formula is C8H15F2NO2. The summed E-state index contributed by atoms with van der Waals surface area (Å²) in [4.78, 5) is 10.9. The minimum Gasteiger partial charge on any atom is -0.385 e. The van der Waals surface area contributed by atoms with Crippen molar-refractivity contribution in [2.24, 2.45) is 5.92 Å². The van der Waals surface area contributed by atoms with E-state index in [9.17, 15) is 13.6 Å². The molecule has 0 bridgehead atoms. The zero-order valence-electron chi connectivity index (χ0n) is 7.76. The SMILES string of the molecule is CC(C)CC(=O)NCC(O)C(F)F. The molecule has 0 rings (SSSR count). The Hall–Kier alpha value is -0.710. The summed E-state index contributed by atoms with van der Waals surface area (Å²) in [6.45, 7) is 3.31. The summed E-state index contributed by atoms with van der Waals surface area (Å²) >= 11 is 0. The van der Waals surface area contributed by atoms with Crippen LogP contribution in [0, 0.1) is 5.92 Å². The lowest BCUT2D eigenvalue weighted by atomic mass is 10.1. The first-order valence-corrected chi connectivity index (χ1v) is 4.16. The summed E-state index contributed by atoms with van der Waals surface area (Å²) in [5.74, 6) is -0.126. The molecule has 0 aliphatic carbocycles. The normalized spacial score (nSPS) is 13.5. The second-order valence-corrected chi connectivity index (χ2v) is 3.30. The van der Waals surface area contributed by atoms with Crippen molar-refractivity contribution >= 4 is 5.91 Å². The molecule has 1 unspecified atom stereocenters. The van der Waals surface area contributed by atoms with Gasteiger partial charge in [0.1, 0.15) is 6.10 Å². The van der Waals surface area contributed by atoms with Crippen molar-refractivity contribution in [1.82, 2.24) is 5.32 Å². The third-order valence-electron chi connectivity index (χ3n) is 1.39. The molecule has 1 atom stereocenters. The number of carbonyl (C=O) groups is 1. The Morgan fingerprint density at radius 3 is 2.38 bits per heavy atom. The number of aliphatic hydroxyl groups is 1. The molecule has 0 heterocycles. The molecule has 13 heavy (non-hydrogen) atoms. The number of amides is 1. The number of rotatable bonds is 5. The van der Waals surface area contributed by atoms with Crippen molar-refractivity contribution in [2.75, 3.05) is 6.54 Å². The standard InChI is InChI=1S/C8H15F2NO2/c1-5(2)3-7(13)11-4-6(12)8(9)10/h5-6,8,12H,3-4H2,1-2H3,(H,11,13). The molecule has 78 valence electrons. The molecule has 0 aromatic heterocycles. The van der Waals surface area contributed by atoms with Crippen molar-refractivity contribution < 1.29 is 18.7 Å². The first-order chi connectivity index (χ1) is 5.93. The van der Waals surface area contributed by atoms with Gasteiger partial charge in [0, 0.05) is 13.0 Å². The number of carbonyl (C=O) groups excluding carboxylic acids is 1. The van der Waals surface area contributed by atoms with E-state index in [2.05, 4.69) is 5.32 Å². The van der Waals surface area contributed by atoms with Crippen LogP contribution in [-0.4, -0.2) is 30.1 Å². The maximum Gasteiger partial charge on any atom is 0.265 e. The van der Waals surface area contributed by atoms with Gasteiger partial charge in [-0.25, -0.2) is 8.78 Å². The Bertz CT molecular complexity index is 162. The molecule has 0 spiro atoms. The van der Waals surface area contributed by atoms with E-state index in [0.717, 1.165) is 0 Å². The average molecular weight is 195 g/mol. The van der Waals surface area contributed by atoms with Gasteiger partial charge in [0.15, 0.2) is 0 Å². The minimum absolute atomic E-state index is 0.184. The maximum absolute atomic E-state index is 11.7. The second kappa shape index (κ2) is 5.85. The van der Waals surface area contributed by atoms with Gasteiger partial charge in [0.25, 0.3) is 6.43 Å². The first kappa shape index (κ1) is 12.3. The molecule has 0 saturated carbocycles. The predicted molar refractivity (Wildman–Crippen MR) is 44.5 cm³/mol. The van der Waals surface area contributed by atoms with E-state index in [-0.39, 0.29) is 24.8 Å². The van der Waals surface area contributed by atoms with E-state index in [4.69, 9.17) is 5.11 Å². The Balaban J connectivity index is 3.58. The topological polar surface area (TPSA) is 49.3 Å². The van der Waals surface area contributed by atoms with Crippen molar-refractivity contribution in [1.29, 1.82) is 0 Å². The Kier molecular flexibility index (Phi) is 5.53.